The van der Waals surface area contributed by atoms with Crippen molar-refractivity contribution in [1.82, 2.24) is 5.32 Å². The normalized spacial score (nSPS) is 13.0. The van der Waals surface area contributed by atoms with Gasteiger partial charge in [0.1, 0.15) is 6.04 Å². The van der Waals surface area contributed by atoms with E-state index in [-0.39, 0.29) is 5.91 Å². The molecule has 1 N–H and O–H groups in total. The number of carbonyl (C=O) groups excluding carboxylic acids is 1. The van der Waals surface area contributed by atoms with Crippen LogP contribution in [0, 0.1) is 6.92 Å². The van der Waals surface area contributed by atoms with Crippen LogP contribution in [0.15, 0.2) is 48.5 Å². The average molecular weight is 437 g/mol. The maximum absolute atomic E-state index is 13.1. The highest BCUT2D eigenvalue weighted by molar-refractivity contribution is 7.92. The molecule has 0 spiro atoms. The van der Waals surface area contributed by atoms with Gasteiger partial charge in [-0.1, -0.05) is 54.9 Å². The second-order valence-corrected chi connectivity index (χ2v) is 10.2. The van der Waals surface area contributed by atoms with Crippen molar-refractivity contribution in [3.63, 3.8) is 0 Å². The summed E-state index contributed by atoms with van der Waals surface area (Å²) in [7, 11) is -3.70. The van der Waals surface area contributed by atoms with Gasteiger partial charge in [-0.05, 0) is 56.9 Å². The van der Waals surface area contributed by atoms with E-state index in [2.05, 4.69) is 5.32 Å². The lowest BCUT2D eigenvalue weighted by Gasteiger charge is -2.34. The number of amides is 1. The van der Waals surface area contributed by atoms with Crippen molar-refractivity contribution >= 4 is 33.2 Å². The Bertz CT molecular complexity index is 959. The fourth-order valence-corrected chi connectivity index (χ4v) is 4.72. The van der Waals surface area contributed by atoms with Gasteiger partial charge in [0.15, 0.2) is 0 Å². The van der Waals surface area contributed by atoms with Gasteiger partial charge < -0.3 is 5.32 Å². The van der Waals surface area contributed by atoms with Crippen LogP contribution < -0.4 is 9.62 Å². The van der Waals surface area contributed by atoms with Crippen molar-refractivity contribution in [3.8, 4) is 0 Å². The number of nitrogens with one attached hydrogen (secondary N) is 1. The molecule has 2 aromatic rings. The molecule has 1 atom stereocenters. The predicted octanol–water partition coefficient (Wildman–Crippen LogP) is 4.33. The molecule has 0 saturated carbocycles. The Morgan fingerprint density at radius 3 is 2.31 bits per heavy atom. The zero-order chi connectivity index (χ0) is 21.8. The number of hydrogen-bond donors (Lipinski definition) is 1. The first-order chi connectivity index (χ1) is 13.4. The third-order valence-electron chi connectivity index (χ3n) is 4.69. The van der Waals surface area contributed by atoms with Crippen LogP contribution >= 0.6 is 11.6 Å². The molecule has 0 fully saturated rings. The van der Waals surface area contributed by atoms with Gasteiger partial charge in [0.2, 0.25) is 15.9 Å². The van der Waals surface area contributed by atoms with Crippen LogP contribution in [0.4, 0.5) is 5.69 Å². The van der Waals surface area contributed by atoms with E-state index >= 15 is 0 Å². The van der Waals surface area contributed by atoms with Gasteiger partial charge in [0.25, 0.3) is 0 Å². The van der Waals surface area contributed by atoms with E-state index in [1.807, 2.05) is 51.1 Å². The Morgan fingerprint density at radius 1 is 1.17 bits per heavy atom. The van der Waals surface area contributed by atoms with Gasteiger partial charge in [-0.25, -0.2) is 8.42 Å². The van der Waals surface area contributed by atoms with E-state index in [1.54, 1.807) is 25.1 Å². The van der Waals surface area contributed by atoms with Crippen molar-refractivity contribution in [2.45, 2.75) is 52.1 Å². The third-order valence-corrected chi connectivity index (χ3v) is 6.28. The zero-order valence-electron chi connectivity index (χ0n) is 17.6. The number of hydrogen-bond acceptors (Lipinski definition) is 3. The second-order valence-electron chi connectivity index (χ2n) is 7.95. The molecule has 0 aliphatic rings. The lowest BCUT2D eigenvalue weighted by molar-refractivity contribution is -0.123. The summed E-state index contributed by atoms with van der Waals surface area (Å²) in [5.41, 5.74) is 1.77. The largest absolute Gasteiger partial charge is 0.349 e. The molecule has 0 bridgehead atoms. The fraction of sp³-hybridized carbons (Fsp3) is 0.409. The summed E-state index contributed by atoms with van der Waals surface area (Å²) in [5, 5.41) is 3.48. The molecule has 0 heterocycles. The van der Waals surface area contributed by atoms with E-state index in [1.165, 1.54) is 0 Å². The number of carbonyl (C=O) groups is 1. The summed E-state index contributed by atoms with van der Waals surface area (Å²) >= 11 is 6.21. The first kappa shape index (κ1) is 23.2. The van der Waals surface area contributed by atoms with Crippen molar-refractivity contribution in [2.24, 2.45) is 0 Å². The molecule has 7 heteroatoms. The molecule has 1 amide bonds. The molecule has 0 unspecified atom stereocenters. The van der Waals surface area contributed by atoms with Gasteiger partial charge >= 0.3 is 0 Å². The number of sulfonamides is 1. The first-order valence-electron chi connectivity index (χ1n) is 9.56. The molecule has 0 aliphatic heterocycles. The van der Waals surface area contributed by atoms with Gasteiger partial charge in [0, 0.05) is 10.6 Å². The van der Waals surface area contributed by atoms with Crippen LogP contribution in [-0.2, 0) is 21.2 Å². The average Bonchev–Trinajstić information content (AvgIpc) is 2.61. The van der Waals surface area contributed by atoms with Crippen molar-refractivity contribution in [3.05, 3.63) is 64.7 Å². The number of rotatable bonds is 8. The highest BCUT2D eigenvalue weighted by Crippen LogP contribution is 2.28. The smallest absolute Gasteiger partial charge is 0.244 e. The van der Waals surface area contributed by atoms with Gasteiger partial charge in [-0.2, -0.15) is 0 Å². The Hall–Kier alpha value is -2.05. The van der Waals surface area contributed by atoms with Crippen molar-refractivity contribution in [2.75, 3.05) is 10.6 Å². The van der Waals surface area contributed by atoms with E-state index in [9.17, 15) is 13.2 Å². The molecule has 29 heavy (non-hydrogen) atoms. The van der Waals surface area contributed by atoms with Crippen LogP contribution in [0.1, 0.15) is 38.3 Å². The summed E-state index contributed by atoms with van der Waals surface area (Å²) in [6.45, 7) is 7.49. The SMILES string of the molecule is CC[C@@H](C(=O)NC(C)(C)Cc1ccccc1)N(c1ccc(C)c(Cl)c1)S(C)(=O)=O. The minimum absolute atomic E-state index is 0.325. The highest BCUT2D eigenvalue weighted by atomic mass is 35.5. The van der Waals surface area contributed by atoms with Crippen molar-refractivity contribution in [1.29, 1.82) is 0 Å². The standard InChI is InChI=1S/C22H29ClN2O3S/c1-6-20(21(26)24-22(3,4)15-17-10-8-7-9-11-17)25(29(5,27)28)18-13-12-16(2)19(23)14-18/h7-14,20H,6,15H2,1-5H3,(H,24,26)/t20-/m0/s1. The fourth-order valence-electron chi connectivity index (χ4n) is 3.35. The zero-order valence-corrected chi connectivity index (χ0v) is 19.1. The van der Waals surface area contributed by atoms with Crippen LogP contribution in [0.5, 0.6) is 0 Å². The monoisotopic (exact) mass is 436 g/mol. The number of nitrogens with zero attached hydrogens (tertiary/aromatic N) is 1. The molecule has 0 radical (unpaired) electrons. The van der Waals surface area contributed by atoms with Crippen molar-refractivity contribution < 1.29 is 13.2 Å². The molecular formula is C22H29ClN2O3S. The predicted molar refractivity (Wildman–Crippen MR) is 120 cm³/mol. The van der Waals surface area contributed by atoms with Gasteiger partial charge in [0.05, 0.1) is 11.9 Å². The summed E-state index contributed by atoms with van der Waals surface area (Å²) < 4.78 is 26.3. The summed E-state index contributed by atoms with van der Waals surface area (Å²) in [5.74, 6) is -0.337. The molecule has 5 nitrogen and oxygen atoms in total. The molecule has 0 aliphatic carbocycles. The Kier molecular flexibility index (Phi) is 7.35. The summed E-state index contributed by atoms with van der Waals surface area (Å²) in [6, 6.07) is 14.0. The Labute approximate surface area is 179 Å². The number of anilines is 1. The number of aryl methyl sites for hydroxylation is 1. The van der Waals surface area contributed by atoms with E-state index < -0.39 is 21.6 Å². The Balaban J connectivity index is 2.31. The third kappa shape index (κ3) is 6.21. The molecule has 0 aromatic heterocycles. The number of benzene rings is 2. The van der Waals surface area contributed by atoms with Crippen LogP contribution in [0.25, 0.3) is 0 Å². The van der Waals surface area contributed by atoms with Crippen LogP contribution in [0.3, 0.4) is 0 Å². The maximum atomic E-state index is 13.1. The second kappa shape index (κ2) is 9.18. The van der Waals surface area contributed by atoms with Gasteiger partial charge in [-0.3, -0.25) is 9.10 Å². The topological polar surface area (TPSA) is 66.5 Å². The lowest BCUT2D eigenvalue weighted by atomic mass is 9.94. The summed E-state index contributed by atoms with van der Waals surface area (Å²) in [4.78, 5) is 13.1. The van der Waals surface area contributed by atoms with E-state index in [0.29, 0.717) is 23.6 Å². The molecule has 0 saturated heterocycles. The molecule has 2 rings (SSSR count). The van der Waals surface area contributed by atoms with E-state index in [4.69, 9.17) is 11.6 Å². The lowest BCUT2D eigenvalue weighted by Crippen LogP contribution is -2.55. The molecular weight excluding hydrogens is 408 g/mol. The minimum Gasteiger partial charge on any atom is -0.349 e. The first-order valence-corrected chi connectivity index (χ1v) is 11.8. The van der Waals surface area contributed by atoms with E-state index in [0.717, 1.165) is 21.7 Å². The Morgan fingerprint density at radius 2 is 1.79 bits per heavy atom. The highest BCUT2D eigenvalue weighted by Gasteiger charge is 2.34. The van der Waals surface area contributed by atoms with Gasteiger partial charge in [-0.15, -0.1) is 0 Å². The summed E-state index contributed by atoms with van der Waals surface area (Å²) in [6.07, 6.45) is 2.06. The van der Waals surface area contributed by atoms with Crippen LogP contribution in [-0.4, -0.2) is 32.2 Å². The minimum atomic E-state index is -3.70. The molecule has 158 valence electrons. The quantitative estimate of drug-likeness (QED) is 0.669. The van der Waals surface area contributed by atoms with Crippen LogP contribution in [0.2, 0.25) is 5.02 Å². The maximum Gasteiger partial charge on any atom is 0.244 e. The number of halogens is 1. The molecule has 2 aromatic carbocycles.